The van der Waals surface area contributed by atoms with E-state index in [9.17, 15) is 0 Å². The van der Waals surface area contributed by atoms with E-state index < -0.39 is 0 Å². The molecule has 0 bridgehead atoms. The third-order valence-corrected chi connectivity index (χ3v) is 2.21. The summed E-state index contributed by atoms with van der Waals surface area (Å²) in [4.78, 5) is 2.07. The molecular formula is C10H21N3S. The maximum absolute atomic E-state index is 5.15. The van der Waals surface area contributed by atoms with E-state index >= 15 is 0 Å². The normalized spacial score (nSPS) is 14.6. The molecule has 0 saturated heterocycles. The van der Waals surface area contributed by atoms with Crippen LogP contribution >= 0.6 is 12.6 Å². The minimum atomic E-state index is 0.744. The highest BCUT2D eigenvalue weighted by molar-refractivity contribution is 7.84. The first-order valence-corrected chi connectivity index (χ1v) is 5.34. The fourth-order valence-corrected chi connectivity index (χ4v) is 1.04. The average Bonchev–Trinajstić information content (AvgIpc) is 2.20. The predicted octanol–water partition coefficient (Wildman–Crippen LogP) is 0.814. The number of hydrogen-bond donors (Lipinski definition) is 3. The number of rotatable bonds is 3. The highest BCUT2D eigenvalue weighted by Gasteiger charge is 1.97. The van der Waals surface area contributed by atoms with Gasteiger partial charge in [-0.1, -0.05) is 19.1 Å². The summed E-state index contributed by atoms with van der Waals surface area (Å²) in [5, 5.41) is 4.11. The van der Waals surface area contributed by atoms with Crippen LogP contribution in [0.4, 0.5) is 0 Å². The molecular weight excluding hydrogens is 194 g/mol. The van der Waals surface area contributed by atoms with Crippen molar-refractivity contribution in [2.24, 2.45) is 5.73 Å². The number of thiol groups is 1. The monoisotopic (exact) mass is 215 g/mol. The lowest BCUT2D eigenvalue weighted by atomic mass is 10.4. The Kier molecular flexibility index (Phi) is 8.83. The summed E-state index contributed by atoms with van der Waals surface area (Å²) in [5.41, 5.74) is 5.15. The van der Waals surface area contributed by atoms with Crippen LogP contribution in [0, 0.1) is 0 Å². The van der Waals surface area contributed by atoms with Gasteiger partial charge in [-0.25, -0.2) is 0 Å². The summed E-state index contributed by atoms with van der Waals surface area (Å²) in [6, 6.07) is 0. The first kappa shape index (κ1) is 13.5. The van der Waals surface area contributed by atoms with Gasteiger partial charge in [-0.15, -0.1) is 12.6 Å². The van der Waals surface area contributed by atoms with Crippen LogP contribution in [0.25, 0.3) is 0 Å². The predicted molar refractivity (Wildman–Crippen MR) is 66.4 cm³/mol. The quantitative estimate of drug-likeness (QED) is 0.482. The van der Waals surface area contributed by atoms with Crippen LogP contribution in [-0.2, 0) is 0 Å². The summed E-state index contributed by atoms with van der Waals surface area (Å²) >= 11 is 4.19. The first-order valence-electron chi connectivity index (χ1n) is 4.90. The van der Waals surface area contributed by atoms with E-state index in [1.54, 1.807) is 0 Å². The van der Waals surface area contributed by atoms with Crippen molar-refractivity contribution < 1.29 is 0 Å². The Morgan fingerprint density at radius 2 is 2.36 bits per heavy atom. The van der Waals surface area contributed by atoms with E-state index in [-0.39, 0.29) is 0 Å². The Bertz CT molecular complexity index is 186. The molecule has 0 aromatic heterocycles. The lowest BCUT2D eigenvalue weighted by Gasteiger charge is -2.18. The van der Waals surface area contributed by atoms with Gasteiger partial charge in [0.25, 0.3) is 0 Å². The minimum absolute atomic E-state index is 0.744. The standard InChI is InChI=1S/C6H9NS.C4H12N2/c1-7-5-3-2-4-6(7)8;1-2-6-4-3-5/h2-4,8H,5H2,1H3;6H,2-5H2,1H3. The van der Waals surface area contributed by atoms with Gasteiger partial charge in [-0.05, 0) is 12.6 Å². The molecule has 3 N–H and O–H groups in total. The van der Waals surface area contributed by atoms with Crippen molar-refractivity contribution in [1.82, 2.24) is 10.2 Å². The van der Waals surface area contributed by atoms with E-state index in [2.05, 4.69) is 35.8 Å². The molecule has 0 amide bonds. The summed E-state index contributed by atoms with van der Waals surface area (Å²) in [5.74, 6) is 0. The van der Waals surface area contributed by atoms with Crippen LogP contribution in [0.1, 0.15) is 6.92 Å². The number of nitrogens with two attached hydrogens (primary N) is 1. The van der Waals surface area contributed by atoms with E-state index in [1.165, 1.54) is 0 Å². The van der Waals surface area contributed by atoms with E-state index in [4.69, 9.17) is 5.73 Å². The zero-order valence-electron chi connectivity index (χ0n) is 9.03. The van der Waals surface area contributed by atoms with Crippen molar-refractivity contribution in [3.63, 3.8) is 0 Å². The number of hydrogen-bond acceptors (Lipinski definition) is 4. The molecule has 4 heteroatoms. The van der Waals surface area contributed by atoms with Crippen molar-refractivity contribution in [2.45, 2.75) is 6.92 Å². The number of nitrogens with one attached hydrogen (secondary N) is 1. The molecule has 14 heavy (non-hydrogen) atoms. The van der Waals surface area contributed by atoms with Gasteiger partial charge in [-0.3, -0.25) is 0 Å². The van der Waals surface area contributed by atoms with Crippen molar-refractivity contribution >= 4 is 12.6 Å². The van der Waals surface area contributed by atoms with Crippen LogP contribution in [0.2, 0.25) is 0 Å². The Balaban J connectivity index is 0.000000255. The van der Waals surface area contributed by atoms with Gasteiger partial charge in [0.1, 0.15) is 0 Å². The molecule has 0 saturated carbocycles. The fraction of sp³-hybridized carbons (Fsp3) is 0.600. The zero-order chi connectivity index (χ0) is 10.8. The third-order valence-electron chi connectivity index (χ3n) is 1.72. The summed E-state index contributed by atoms with van der Waals surface area (Å²) in [7, 11) is 2.02. The molecule has 0 aromatic carbocycles. The van der Waals surface area contributed by atoms with Crippen molar-refractivity contribution in [2.75, 3.05) is 33.2 Å². The van der Waals surface area contributed by atoms with Gasteiger partial charge in [0.15, 0.2) is 0 Å². The summed E-state index contributed by atoms with van der Waals surface area (Å²) in [6.45, 7) is 5.76. The first-order chi connectivity index (χ1) is 6.72. The second-order valence-corrected chi connectivity index (χ2v) is 3.43. The van der Waals surface area contributed by atoms with Crippen LogP contribution in [0.3, 0.4) is 0 Å². The SMILES string of the molecule is CCNCCN.CN1CC=CC=C1S. The van der Waals surface area contributed by atoms with Crippen molar-refractivity contribution in [1.29, 1.82) is 0 Å². The molecule has 1 rings (SSSR count). The van der Waals surface area contributed by atoms with Gasteiger partial charge >= 0.3 is 0 Å². The van der Waals surface area contributed by atoms with Gasteiger partial charge in [0.2, 0.25) is 0 Å². The smallest absolute Gasteiger partial charge is 0.0676 e. The van der Waals surface area contributed by atoms with E-state index in [1.807, 2.05) is 19.2 Å². The van der Waals surface area contributed by atoms with Gasteiger partial charge < -0.3 is 16.0 Å². The molecule has 0 unspecified atom stereocenters. The molecule has 3 nitrogen and oxygen atoms in total. The molecule has 0 aliphatic carbocycles. The van der Waals surface area contributed by atoms with Crippen LogP contribution in [-0.4, -0.2) is 38.1 Å². The Labute approximate surface area is 92.4 Å². The van der Waals surface area contributed by atoms with Crippen molar-refractivity contribution in [3.05, 3.63) is 23.3 Å². The van der Waals surface area contributed by atoms with E-state index in [0.29, 0.717) is 0 Å². The Morgan fingerprint density at radius 3 is 2.64 bits per heavy atom. The van der Waals surface area contributed by atoms with Gasteiger partial charge in [-0.2, -0.15) is 0 Å². The molecule has 82 valence electrons. The summed E-state index contributed by atoms with van der Waals surface area (Å²) in [6.07, 6.45) is 6.09. The second kappa shape index (κ2) is 9.12. The highest BCUT2D eigenvalue weighted by atomic mass is 32.1. The largest absolute Gasteiger partial charge is 0.366 e. The average molecular weight is 215 g/mol. The molecule has 0 atom stereocenters. The van der Waals surface area contributed by atoms with Crippen LogP contribution in [0.5, 0.6) is 0 Å². The molecule has 0 fully saturated rings. The van der Waals surface area contributed by atoms with Gasteiger partial charge in [0.05, 0.1) is 5.03 Å². The summed E-state index contributed by atoms with van der Waals surface area (Å²) < 4.78 is 0. The number of allylic oxidation sites excluding steroid dienone is 2. The molecule has 0 aromatic rings. The third kappa shape index (κ3) is 7.00. The number of nitrogens with zero attached hydrogens (tertiary/aromatic N) is 1. The van der Waals surface area contributed by atoms with E-state index in [0.717, 1.165) is 31.2 Å². The van der Waals surface area contributed by atoms with Crippen molar-refractivity contribution in [3.8, 4) is 0 Å². The molecule has 1 aliphatic heterocycles. The second-order valence-electron chi connectivity index (χ2n) is 2.98. The molecule has 1 heterocycles. The fourth-order valence-electron chi connectivity index (χ4n) is 0.873. The Morgan fingerprint density at radius 1 is 1.64 bits per heavy atom. The lowest BCUT2D eigenvalue weighted by molar-refractivity contribution is 0.493. The molecule has 0 spiro atoms. The van der Waals surface area contributed by atoms with Crippen LogP contribution in [0.15, 0.2) is 23.3 Å². The zero-order valence-corrected chi connectivity index (χ0v) is 9.93. The molecule has 0 radical (unpaired) electrons. The highest BCUT2D eigenvalue weighted by Crippen LogP contribution is 2.09. The van der Waals surface area contributed by atoms with Crippen LogP contribution < -0.4 is 11.1 Å². The lowest BCUT2D eigenvalue weighted by Crippen LogP contribution is -2.21. The number of likely N-dealkylation sites (N-methyl/N-ethyl adjacent to an activating group) is 2. The Hall–Kier alpha value is -0.450. The maximum atomic E-state index is 5.15. The maximum Gasteiger partial charge on any atom is 0.0676 e. The minimum Gasteiger partial charge on any atom is -0.366 e. The molecule has 1 aliphatic rings. The topological polar surface area (TPSA) is 41.3 Å². The van der Waals surface area contributed by atoms with Gasteiger partial charge in [0, 0.05) is 26.7 Å².